The first-order valence-electron chi connectivity index (χ1n) is 6.84. The van der Waals surface area contributed by atoms with Crippen molar-refractivity contribution in [3.8, 4) is 0 Å². The maximum Gasteiger partial charge on any atom is 0.224 e. The molecule has 0 atom stereocenters. The average molecular weight is 249 g/mol. The summed E-state index contributed by atoms with van der Waals surface area (Å²) in [7, 11) is 0. The zero-order chi connectivity index (χ0) is 14.2. The van der Waals surface area contributed by atoms with Crippen LogP contribution < -0.4 is 5.32 Å². The van der Waals surface area contributed by atoms with Gasteiger partial charge in [0.2, 0.25) is 5.91 Å². The number of hydrogen-bond acceptors (Lipinski definition) is 1. The van der Waals surface area contributed by atoms with Gasteiger partial charge in [-0.25, -0.2) is 0 Å². The predicted molar refractivity (Wildman–Crippen MR) is 80.0 cm³/mol. The summed E-state index contributed by atoms with van der Waals surface area (Å²) >= 11 is 0. The van der Waals surface area contributed by atoms with Crippen molar-refractivity contribution in [3.63, 3.8) is 0 Å². The monoisotopic (exact) mass is 249 g/mol. The minimum atomic E-state index is 0.0889. The fourth-order valence-electron chi connectivity index (χ4n) is 1.50. The van der Waals surface area contributed by atoms with Crippen LogP contribution in [0.3, 0.4) is 0 Å². The summed E-state index contributed by atoms with van der Waals surface area (Å²) in [4.78, 5) is 11.4. The Labute approximate surface area is 112 Å². The van der Waals surface area contributed by atoms with E-state index in [9.17, 15) is 4.79 Å². The molecule has 2 nitrogen and oxygen atoms in total. The van der Waals surface area contributed by atoms with E-state index in [1.165, 1.54) is 5.56 Å². The summed E-state index contributed by atoms with van der Waals surface area (Å²) in [5.41, 5.74) is 2.32. The molecule has 0 aliphatic rings. The molecule has 0 radical (unpaired) electrons. The first-order chi connectivity index (χ1) is 8.43. The van der Waals surface area contributed by atoms with Crippen LogP contribution in [-0.4, -0.2) is 5.91 Å². The van der Waals surface area contributed by atoms with Gasteiger partial charge >= 0.3 is 0 Å². The molecule has 0 fully saturated rings. The van der Waals surface area contributed by atoms with Crippen molar-refractivity contribution in [2.75, 3.05) is 5.32 Å². The summed E-state index contributed by atoms with van der Waals surface area (Å²) in [6.45, 7) is 12.5. The zero-order valence-electron chi connectivity index (χ0n) is 12.6. The van der Waals surface area contributed by atoms with Crippen molar-refractivity contribution in [1.29, 1.82) is 0 Å². The number of carbonyl (C=O) groups is 1. The zero-order valence-corrected chi connectivity index (χ0v) is 12.6. The lowest BCUT2D eigenvalue weighted by molar-refractivity contribution is -0.116. The van der Waals surface area contributed by atoms with E-state index in [1.54, 1.807) is 0 Å². The summed E-state index contributed by atoms with van der Waals surface area (Å²) < 4.78 is 0. The van der Waals surface area contributed by atoms with Crippen LogP contribution in [0.15, 0.2) is 24.3 Å². The maximum absolute atomic E-state index is 11.4. The third kappa shape index (κ3) is 5.85. The molecule has 1 aromatic carbocycles. The number of benzene rings is 1. The highest BCUT2D eigenvalue weighted by molar-refractivity contribution is 5.90. The molecule has 0 saturated carbocycles. The van der Waals surface area contributed by atoms with Crippen LogP contribution in [-0.2, 0) is 10.2 Å². The molecule has 0 aliphatic carbocycles. The molecule has 0 aliphatic heterocycles. The average Bonchev–Trinajstić information content (AvgIpc) is 2.31. The summed E-state index contributed by atoms with van der Waals surface area (Å²) in [6.07, 6.45) is 1.47. The first-order valence-corrected chi connectivity index (χ1v) is 6.84. The smallest absolute Gasteiger partial charge is 0.224 e. The Bertz CT molecular complexity index is 346. The minimum Gasteiger partial charge on any atom is -0.326 e. The van der Waals surface area contributed by atoms with E-state index in [1.807, 2.05) is 32.9 Å². The number of rotatable bonds is 3. The molecular weight excluding hydrogens is 222 g/mol. The molecule has 1 aromatic rings. The SMILES string of the molecule is CC.CCCC(=O)Nc1ccc(C(C)(C)C)cc1. The fourth-order valence-corrected chi connectivity index (χ4v) is 1.50. The van der Waals surface area contributed by atoms with Crippen molar-refractivity contribution >= 4 is 11.6 Å². The summed E-state index contributed by atoms with van der Waals surface area (Å²) in [5.74, 6) is 0.0889. The second-order valence-electron chi connectivity index (χ2n) is 5.13. The largest absolute Gasteiger partial charge is 0.326 e. The molecule has 0 aromatic heterocycles. The highest BCUT2D eigenvalue weighted by Gasteiger charge is 2.12. The van der Waals surface area contributed by atoms with Crippen molar-refractivity contribution in [3.05, 3.63) is 29.8 Å². The molecule has 102 valence electrons. The van der Waals surface area contributed by atoms with E-state index in [4.69, 9.17) is 0 Å². The van der Waals surface area contributed by atoms with Crippen LogP contribution in [0.25, 0.3) is 0 Å². The molecule has 0 heterocycles. The van der Waals surface area contributed by atoms with Crippen LogP contribution in [0, 0.1) is 0 Å². The Hall–Kier alpha value is -1.31. The van der Waals surface area contributed by atoms with Crippen molar-refractivity contribution in [2.45, 2.75) is 59.8 Å². The molecule has 0 saturated heterocycles. The van der Waals surface area contributed by atoms with Gasteiger partial charge in [0.15, 0.2) is 0 Å². The lowest BCUT2D eigenvalue weighted by Crippen LogP contribution is -2.13. The number of anilines is 1. The number of amides is 1. The van der Waals surface area contributed by atoms with Gasteiger partial charge in [0.1, 0.15) is 0 Å². The van der Waals surface area contributed by atoms with Crippen LogP contribution in [0.2, 0.25) is 0 Å². The van der Waals surface area contributed by atoms with E-state index >= 15 is 0 Å². The Morgan fingerprint density at radius 2 is 1.61 bits per heavy atom. The Balaban J connectivity index is 0.00000137. The molecule has 0 bridgehead atoms. The lowest BCUT2D eigenvalue weighted by atomic mass is 9.87. The van der Waals surface area contributed by atoms with Crippen LogP contribution in [0.5, 0.6) is 0 Å². The van der Waals surface area contributed by atoms with Gasteiger partial charge in [-0.15, -0.1) is 0 Å². The molecule has 0 unspecified atom stereocenters. The van der Waals surface area contributed by atoms with Crippen LogP contribution in [0.4, 0.5) is 5.69 Å². The normalized spacial score (nSPS) is 10.3. The van der Waals surface area contributed by atoms with Crippen molar-refractivity contribution in [2.24, 2.45) is 0 Å². The molecule has 0 spiro atoms. The van der Waals surface area contributed by atoms with Gasteiger partial charge in [-0.2, -0.15) is 0 Å². The van der Waals surface area contributed by atoms with E-state index in [0.717, 1.165) is 12.1 Å². The topological polar surface area (TPSA) is 29.1 Å². The van der Waals surface area contributed by atoms with Gasteiger partial charge in [-0.3, -0.25) is 4.79 Å². The van der Waals surface area contributed by atoms with Gasteiger partial charge in [-0.1, -0.05) is 53.7 Å². The second kappa shape index (κ2) is 7.91. The second-order valence-corrected chi connectivity index (χ2v) is 5.13. The third-order valence-corrected chi connectivity index (χ3v) is 2.51. The van der Waals surface area contributed by atoms with E-state index in [2.05, 4.69) is 38.2 Å². The Kier molecular flexibility index (Phi) is 7.33. The van der Waals surface area contributed by atoms with E-state index < -0.39 is 0 Å². The maximum atomic E-state index is 11.4. The highest BCUT2D eigenvalue weighted by Crippen LogP contribution is 2.23. The molecule has 2 heteroatoms. The molecular formula is C16H27NO. The molecule has 1 amide bonds. The first kappa shape index (κ1) is 16.7. The van der Waals surface area contributed by atoms with Gasteiger partial charge in [0.25, 0.3) is 0 Å². The van der Waals surface area contributed by atoms with Gasteiger partial charge < -0.3 is 5.32 Å². The van der Waals surface area contributed by atoms with Gasteiger partial charge in [0.05, 0.1) is 0 Å². The number of carbonyl (C=O) groups excluding carboxylic acids is 1. The predicted octanol–water partition coefficient (Wildman–Crippen LogP) is 4.75. The third-order valence-electron chi connectivity index (χ3n) is 2.51. The molecule has 1 N–H and O–H groups in total. The van der Waals surface area contributed by atoms with Crippen LogP contribution in [0.1, 0.15) is 59.9 Å². The summed E-state index contributed by atoms with van der Waals surface area (Å²) in [6, 6.07) is 8.07. The summed E-state index contributed by atoms with van der Waals surface area (Å²) in [5, 5.41) is 2.88. The Morgan fingerprint density at radius 3 is 2.00 bits per heavy atom. The van der Waals surface area contributed by atoms with Gasteiger partial charge in [-0.05, 0) is 29.5 Å². The van der Waals surface area contributed by atoms with Crippen molar-refractivity contribution in [1.82, 2.24) is 0 Å². The quantitative estimate of drug-likeness (QED) is 0.823. The van der Waals surface area contributed by atoms with E-state index in [-0.39, 0.29) is 11.3 Å². The number of nitrogens with one attached hydrogen (secondary N) is 1. The fraction of sp³-hybridized carbons (Fsp3) is 0.562. The van der Waals surface area contributed by atoms with E-state index in [0.29, 0.717) is 6.42 Å². The number of hydrogen-bond donors (Lipinski definition) is 1. The molecule has 18 heavy (non-hydrogen) atoms. The highest BCUT2D eigenvalue weighted by atomic mass is 16.1. The lowest BCUT2D eigenvalue weighted by Gasteiger charge is -2.19. The van der Waals surface area contributed by atoms with Crippen molar-refractivity contribution < 1.29 is 4.79 Å². The molecule has 1 rings (SSSR count). The van der Waals surface area contributed by atoms with Crippen LogP contribution >= 0.6 is 0 Å². The standard InChI is InChI=1S/C14H21NO.C2H6/c1-5-6-13(16)15-12-9-7-11(8-10-12)14(2,3)4;1-2/h7-10H,5-6H2,1-4H3,(H,15,16);1-2H3. The van der Waals surface area contributed by atoms with Gasteiger partial charge in [0, 0.05) is 12.1 Å². The minimum absolute atomic E-state index is 0.0889. The Morgan fingerprint density at radius 1 is 1.11 bits per heavy atom.